The van der Waals surface area contributed by atoms with Crippen LogP contribution in [0.3, 0.4) is 0 Å². The van der Waals surface area contributed by atoms with Gasteiger partial charge in [-0.1, -0.05) is 54.2 Å². The van der Waals surface area contributed by atoms with Crippen molar-refractivity contribution in [3.8, 4) is 0 Å². The molecule has 1 atom stereocenters. The van der Waals surface area contributed by atoms with Crippen LogP contribution in [0.5, 0.6) is 0 Å². The van der Waals surface area contributed by atoms with Crippen LogP contribution in [0.25, 0.3) is 0 Å². The third kappa shape index (κ3) is 5.39. The molecule has 1 saturated heterocycles. The fourth-order valence-electron chi connectivity index (χ4n) is 4.95. The lowest BCUT2D eigenvalue weighted by atomic mass is 10.0. The molecule has 1 unspecified atom stereocenters. The maximum atomic E-state index is 13.5. The molecule has 4 nitrogen and oxygen atoms in total. The largest absolute Gasteiger partial charge is 0.416 e. The van der Waals surface area contributed by atoms with Gasteiger partial charge in [0.2, 0.25) is 5.91 Å². The molecule has 188 valence electrons. The molecule has 0 saturated carbocycles. The molecule has 2 aliphatic heterocycles. The summed E-state index contributed by atoms with van der Waals surface area (Å²) in [6, 6.07) is 21.6. The number of nitrogens with zero attached hydrogens (tertiary/aromatic N) is 2. The van der Waals surface area contributed by atoms with Gasteiger partial charge in [0.15, 0.2) is 0 Å². The molecular weight excluding hydrogens is 483 g/mol. The monoisotopic (exact) mass is 511 g/mol. The topological polar surface area (TPSA) is 35.6 Å². The standard InChI is InChI=1S/C28H28F3N3OS/c29-28(30,31)21-12-13-26-24(18-21)34(23-10-4-5-11-25(23)36-26)15-6-9-22-19-32-14-16-33(22)27(35)17-20-7-2-1-3-8-20/h1-5,7-8,10-13,18,22,32H,6,9,14-17,19H2. The summed E-state index contributed by atoms with van der Waals surface area (Å²) < 4.78 is 40.4. The number of hydrogen-bond acceptors (Lipinski definition) is 4. The summed E-state index contributed by atoms with van der Waals surface area (Å²) in [7, 11) is 0. The summed E-state index contributed by atoms with van der Waals surface area (Å²) in [5.74, 6) is 0.118. The lowest BCUT2D eigenvalue weighted by molar-refractivity contribution is -0.137. The van der Waals surface area contributed by atoms with Crippen LogP contribution in [0.1, 0.15) is 24.0 Å². The number of para-hydroxylation sites is 1. The highest BCUT2D eigenvalue weighted by atomic mass is 32.2. The van der Waals surface area contributed by atoms with Gasteiger partial charge in [0.1, 0.15) is 0 Å². The number of piperazine rings is 1. The first-order valence-corrected chi connectivity index (χ1v) is 13.0. The van der Waals surface area contributed by atoms with Gasteiger partial charge in [-0.2, -0.15) is 13.2 Å². The summed E-state index contributed by atoms with van der Waals surface area (Å²) in [5, 5.41) is 3.39. The van der Waals surface area contributed by atoms with Gasteiger partial charge in [-0.05, 0) is 48.7 Å². The quantitative estimate of drug-likeness (QED) is 0.432. The maximum Gasteiger partial charge on any atom is 0.416 e. The van der Waals surface area contributed by atoms with E-state index in [4.69, 9.17) is 0 Å². The van der Waals surface area contributed by atoms with E-state index in [0.717, 1.165) is 53.0 Å². The number of rotatable bonds is 6. The van der Waals surface area contributed by atoms with Gasteiger partial charge in [0.25, 0.3) is 0 Å². The third-order valence-electron chi connectivity index (χ3n) is 6.74. The zero-order chi connectivity index (χ0) is 25.1. The molecule has 5 rings (SSSR count). The van der Waals surface area contributed by atoms with Crippen LogP contribution < -0.4 is 10.2 Å². The minimum absolute atomic E-state index is 0.0605. The highest BCUT2D eigenvalue weighted by Crippen LogP contribution is 2.49. The first-order chi connectivity index (χ1) is 17.4. The number of benzene rings is 3. The molecule has 3 aromatic rings. The fraction of sp³-hybridized carbons (Fsp3) is 0.321. The van der Waals surface area contributed by atoms with Gasteiger partial charge in [-0.3, -0.25) is 4.79 Å². The number of carbonyl (C=O) groups excluding carboxylic acids is 1. The van der Waals surface area contributed by atoms with E-state index in [1.165, 1.54) is 17.8 Å². The molecule has 2 heterocycles. The molecule has 8 heteroatoms. The Hall–Kier alpha value is -2.97. The lowest BCUT2D eigenvalue weighted by Gasteiger charge is -2.38. The van der Waals surface area contributed by atoms with Crippen molar-refractivity contribution in [2.45, 2.75) is 41.3 Å². The molecule has 0 aromatic heterocycles. The van der Waals surface area contributed by atoms with Crippen molar-refractivity contribution < 1.29 is 18.0 Å². The molecule has 1 amide bonds. The van der Waals surface area contributed by atoms with Gasteiger partial charge < -0.3 is 15.1 Å². The minimum atomic E-state index is -4.39. The average molecular weight is 512 g/mol. The number of alkyl halides is 3. The smallest absolute Gasteiger partial charge is 0.340 e. The number of hydrogen-bond donors (Lipinski definition) is 1. The first kappa shape index (κ1) is 24.7. The zero-order valence-corrected chi connectivity index (χ0v) is 20.6. The first-order valence-electron chi connectivity index (χ1n) is 12.2. The van der Waals surface area contributed by atoms with Crippen LogP contribution in [0.2, 0.25) is 0 Å². The summed E-state index contributed by atoms with van der Waals surface area (Å²) >= 11 is 1.50. The van der Waals surface area contributed by atoms with Crippen molar-refractivity contribution in [2.24, 2.45) is 0 Å². The van der Waals surface area contributed by atoms with Gasteiger partial charge in [0.05, 0.1) is 23.4 Å². The zero-order valence-electron chi connectivity index (χ0n) is 19.8. The van der Waals surface area contributed by atoms with Crippen LogP contribution in [-0.2, 0) is 17.4 Å². The summed E-state index contributed by atoms with van der Waals surface area (Å²) in [6.45, 7) is 2.73. The Kier molecular flexibility index (Phi) is 7.25. The fourth-order valence-corrected chi connectivity index (χ4v) is 6.03. The number of fused-ring (bicyclic) bond motifs is 2. The predicted octanol–water partition coefficient (Wildman–Crippen LogP) is 6.13. The van der Waals surface area contributed by atoms with E-state index in [-0.39, 0.29) is 11.9 Å². The van der Waals surface area contributed by atoms with Crippen molar-refractivity contribution in [3.05, 3.63) is 83.9 Å². The Morgan fingerprint density at radius 1 is 0.972 bits per heavy atom. The number of nitrogens with one attached hydrogen (secondary N) is 1. The van der Waals surface area contributed by atoms with Gasteiger partial charge >= 0.3 is 6.18 Å². The van der Waals surface area contributed by atoms with Gasteiger partial charge in [-0.15, -0.1) is 0 Å². The summed E-state index contributed by atoms with van der Waals surface area (Å²) in [6.07, 6.45) is -2.50. The highest BCUT2D eigenvalue weighted by molar-refractivity contribution is 7.99. The Morgan fingerprint density at radius 3 is 2.53 bits per heavy atom. The molecule has 36 heavy (non-hydrogen) atoms. The predicted molar refractivity (Wildman–Crippen MR) is 137 cm³/mol. The van der Waals surface area contributed by atoms with E-state index in [9.17, 15) is 18.0 Å². The van der Waals surface area contributed by atoms with E-state index >= 15 is 0 Å². The second-order valence-electron chi connectivity index (χ2n) is 9.15. The number of anilines is 2. The molecule has 1 fully saturated rings. The molecule has 0 aliphatic carbocycles. The molecule has 2 aliphatic rings. The van der Waals surface area contributed by atoms with Crippen LogP contribution in [0.4, 0.5) is 24.5 Å². The van der Waals surface area contributed by atoms with Crippen LogP contribution >= 0.6 is 11.8 Å². The summed E-state index contributed by atoms with van der Waals surface area (Å²) in [4.78, 5) is 18.9. The Labute approximate surface area is 213 Å². The maximum absolute atomic E-state index is 13.5. The van der Waals surface area contributed by atoms with Crippen molar-refractivity contribution in [1.29, 1.82) is 0 Å². The van der Waals surface area contributed by atoms with Crippen molar-refractivity contribution in [1.82, 2.24) is 10.2 Å². The lowest BCUT2D eigenvalue weighted by Crippen LogP contribution is -2.54. The molecular formula is C28H28F3N3OS. The molecule has 0 bridgehead atoms. The second-order valence-corrected chi connectivity index (χ2v) is 10.2. The Balaban J connectivity index is 1.31. The van der Waals surface area contributed by atoms with E-state index in [2.05, 4.69) is 5.32 Å². The molecule has 0 radical (unpaired) electrons. The number of amides is 1. The van der Waals surface area contributed by atoms with Crippen molar-refractivity contribution in [3.63, 3.8) is 0 Å². The molecule has 1 N–H and O–H groups in total. The number of carbonyl (C=O) groups is 1. The minimum Gasteiger partial charge on any atom is -0.340 e. The normalized spacial score (nSPS) is 17.5. The van der Waals surface area contributed by atoms with Crippen molar-refractivity contribution in [2.75, 3.05) is 31.1 Å². The number of halogens is 3. The second kappa shape index (κ2) is 10.6. The summed E-state index contributed by atoms with van der Waals surface area (Å²) in [5.41, 5.74) is 1.88. The SMILES string of the molecule is O=C(Cc1ccccc1)N1CCNCC1CCCN1c2ccccc2Sc2ccc(C(F)(F)F)cc21. The highest BCUT2D eigenvalue weighted by Gasteiger charge is 2.33. The van der Waals surface area contributed by atoms with E-state index in [1.807, 2.05) is 64.4 Å². The van der Waals surface area contributed by atoms with Crippen LogP contribution in [0.15, 0.2) is 82.6 Å². The van der Waals surface area contributed by atoms with E-state index in [0.29, 0.717) is 25.2 Å². The van der Waals surface area contributed by atoms with E-state index in [1.54, 1.807) is 6.07 Å². The Bertz CT molecular complexity index is 1220. The van der Waals surface area contributed by atoms with Crippen molar-refractivity contribution >= 4 is 29.0 Å². The van der Waals surface area contributed by atoms with Gasteiger partial charge in [-0.25, -0.2) is 0 Å². The third-order valence-corrected chi connectivity index (χ3v) is 7.87. The van der Waals surface area contributed by atoms with Crippen LogP contribution in [0, 0.1) is 0 Å². The Morgan fingerprint density at radius 2 is 1.72 bits per heavy atom. The van der Waals surface area contributed by atoms with E-state index < -0.39 is 11.7 Å². The molecule has 3 aromatic carbocycles. The van der Waals surface area contributed by atoms with Crippen LogP contribution in [-0.4, -0.2) is 43.0 Å². The molecule has 0 spiro atoms. The van der Waals surface area contributed by atoms with Gasteiger partial charge in [0, 0.05) is 42.0 Å². The average Bonchev–Trinajstić information content (AvgIpc) is 2.88.